The zero-order chi connectivity index (χ0) is 15.4. The van der Waals surface area contributed by atoms with Crippen LogP contribution in [0, 0.1) is 0 Å². The molecule has 1 atom stereocenters. The summed E-state index contributed by atoms with van der Waals surface area (Å²) in [6.07, 6.45) is 7.16. The summed E-state index contributed by atoms with van der Waals surface area (Å²) in [5, 5.41) is 0.856. The molecule has 7 heteroatoms. The van der Waals surface area contributed by atoms with Crippen molar-refractivity contribution in [3.8, 4) is 0 Å². The fourth-order valence-corrected chi connectivity index (χ4v) is 5.17. The highest BCUT2D eigenvalue weighted by Gasteiger charge is 2.27. The fourth-order valence-electron chi connectivity index (χ4n) is 2.80. The second-order valence-corrected chi connectivity index (χ2v) is 8.72. The molecule has 2 saturated heterocycles. The summed E-state index contributed by atoms with van der Waals surface area (Å²) in [5.74, 6) is 0.880. The monoisotopic (exact) mass is 342 g/mol. The molecule has 1 aromatic heterocycles. The van der Waals surface area contributed by atoms with Crippen LogP contribution in [0.1, 0.15) is 32.1 Å². The molecular weight excluding hydrogens is 320 g/mol. The number of hydrogen-bond acceptors (Lipinski definition) is 5. The van der Waals surface area contributed by atoms with Gasteiger partial charge in [0.15, 0.2) is 0 Å². The van der Waals surface area contributed by atoms with Gasteiger partial charge in [-0.2, -0.15) is 4.31 Å². The van der Waals surface area contributed by atoms with Crippen LogP contribution in [0.2, 0.25) is 0 Å². The number of rotatable bonds is 5. The Hall–Kier alpha value is -0.630. The van der Waals surface area contributed by atoms with E-state index < -0.39 is 10.0 Å². The van der Waals surface area contributed by atoms with Crippen molar-refractivity contribution in [1.29, 1.82) is 0 Å². The van der Waals surface area contributed by atoms with Crippen molar-refractivity contribution < 1.29 is 13.2 Å². The number of ether oxygens (including phenoxy) is 1. The van der Waals surface area contributed by atoms with Gasteiger partial charge in [0.05, 0.1) is 11.1 Å². The fraction of sp³-hybridized carbons (Fsp3) is 0.667. The molecule has 2 aliphatic heterocycles. The lowest BCUT2D eigenvalue weighted by Gasteiger charge is -2.21. The van der Waals surface area contributed by atoms with Crippen LogP contribution in [0.3, 0.4) is 0 Å². The largest absolute Gasteiger partial charge is 0.377 e. The maximum atomic E-state index is 12.4. The van der Waals surface area contributed by atoms with Crippen molar-refractivity contribution in [2.24, 2.45) is 0 Å². The molecule has 3 heterocycles. The van der Waals surface area contributed by atoms with Crippen LogP contribution in [-0.2, 0) is 14.8 Å². The van der Waals surface area contributed by atoms with Crippen LogP contribution in [0.15, 0.2) is 28.3 Å². The first-order chi connectivity index (χ1) is 10.7. The van der Waals surface area contributed by atoms with E-state index in [4.69, 9.17) is 4.74 Å². The Kier molecular flexibility index (Phi) is 5.38. The van der Waals surface area contributed by atoms with Crippen LogP contribution in [0.25, 0.3) is 0 Å². The standard InChI is InChI=1S/C15H22N2O3S2/c18-22(19,17-8-2-3-9-17)14-6-7-15(16-11-14)21-12-13-5-1-4-10-20-13/h6-7,11,13H,1-5,8-10,12H2/t13-/m0/s1. The van der Waals surface area contributed by atoms with E-state index in [1.165, 1.54) is 12.6 Å². The summed E-state index contributed by atoms with van der Waals surface area (Å²) in [6.45, 7) is 2.10. The smallest absolute Gasteiger partial charge is 0.244 e. The highest BCUT2D eigenvalue weighted by atomic mass is 32.2. The highest BCUT2D eigenvalue weighted by Crippen LogP contribution is 2.24. The van der Waals surface area contributed by atoms with Gasteiger partial charge in [0.2, 0.25) is 10.0 Å². The van der Waals surface area contributed by atoms with E-state index in [0.717, 1.165) is 43.1 Å². The minimum atomic E-state index is -3.35. The van der Waals surface area contributed by atoms with Crippen LogP contribution in [-0.4, -0.2) is 49.3 Å². The van der Waals surface area contributed by atoms with Crippen LogP contribution in [0.5, 0.6) is 0 Å². The van der Waals surface area contributed by atoms with E-state index in [1.54, 1.807) is 28.2 Å². The zero-order valence-corrected chi connectivity index (χ0v) is 14.2. The second kappa shape index (κ2) is 7.29. The third-order valence-electron chi connectivity index (χ3n) is 4.10. The van der Waals surface area contributed by atoms with Crippen molar-refractivity contribution in [2.45, 2.75) is 48.1 Å². The molecule has 0 spiro atoms. The van der Waals surface area contributed by atoms with Gasteiger partial charge >= 0.3 is 0 Å². The van der Waals surface area contributed by atoms with Gasteiger partial charge in [-0.15, -0.1) is 11.8 Å². The molecule has 0 radical (unpaired) electrons. The molecule has 5 nitrogen and oxygen atoms in total. The lowest BCUT2D eigenvalue weighted by atomic mass is 10.1. The summed E-state index contributed by atoms with van der Waals surface area (Å²) in [6, 6.07) is 3.47. The maximum absolute atomic E-state index is 12.4. The predicted molar refractivity (Wildman–Crippen MR) is 86.5 cm³/mol. The number of aromatic nitrogens is 1. The van der Waals surface area contributed by atoms with E-state index in [1.807, 2.05) is 0 Å². The van der Waals surface area contributed by atoms with Gasteiger partial charge in [-0.3, -0.25) is 0 Å². The third-order valence-corrected chi connectivity index (χ3v) is 7.06. The zero-order valence-electron chi connectivity index (χ0n) is 12.6. The molecule has 0 amide bonds. The summed E-state index contributed by atoms with van der Waals surface area (Å²) in [4.78, 5) is 4.60. The molecule has 0 bridgehead atoms. The van der Waals surface area contributed by atoms with Gasteiger partial charge in [0.1, 0.15) is 4.90 Å². The Bertz CT molecular complexity index is 577. The Morgan fingerprint density at radius 3 is 2.68 bits per heavy atom. The average Bonchev–Trinajstić information content (AvgIpc) is 3.10. The number of thioether (sulfide) groups is 1. The Morgan fingerprint density at radius 1 is 1.23 bits per heavy atom. The molecule has 2 aliphatic rings. The van der Waals surface area contributed by atoms with E-state index in [-0.39, 0.29) is 0 Å². The van der Waals surface area contributed by atoms with E-state index >= 15 is 0 Å². The highest BCUT2D eigenvalue weighted by molar-refractivity contribution is 7.99. The number of sulfonamides is 1. The lowest BCUT2D eigenvalue weighted by molar-refractivity contribution is 0.0315. The van der Waals surface area contributed by atoms with Crippen molar-refractivity contribution in [3.63, 3.8) is 0 Å². The van der Waals surface area contributed by atoms with Gasteiger partial charge in [0.25, 0.3) is 0 Å². The average molecular weight is 342 g/mol. The maximum Gasteiger partial charge on any atom is 0.244 e. The number of pyridine rings is 1. The number of nitrogens with zero attached hydrogens (tertiary/aromatic N) is 2. The van der Waals surface area contributed by atoms with E-state index in [2.05, 4.69) is 4.98 Å². The van der Waals surface area contributed by atoms with Gasteiger partial charge in [0, 0.05) is 31.6 Å². The first kappa shape index (κ1) is 16.2. The summed E-state index contributed by atoms with van der Waals surface area (Å²) in [7, 11) is -3.35. The minimum Gasteiger partial charge on any atom is -0.377 e. The summed E-state index contributed by atoms with van der Waals surface area (Å²) < 4.78 is 32.1. The summed E-state index contributed by atoms with van der Waals surface area (Å²) >= 11 is 1.63. The van der Waals surface area contributed by atoms with Crippen LogP contribution < -0.4 is 0 Å². The molecule has 22 heavy (non-hydrogen) atoms. The first-order valence-corrected chi connectivity index (χ1v) is 10.3. The molecule has 3 rings (SSSR count). The molecule has 1 aromatic rings. The van der Waals surface area contributed by atoms with Gasteiger partial charge in [-0.1, -0.05) is 0 Å². The normalized spacial score (nSPS) is 23.7. The van der Waals surface area contributed by atoms with Crippen molar-refractivity contribution in [2.75, 3.05) is 25.4 Å². The topological polar surface area (TPSA) is 59.5 Å². The molecule has 0 aromatic carbocycles. The van der Waals surface area contributed by atoms with E-state index in [0.29, 0.717) is 24.1 Å². The van der Waals surface area contributed by atoms with Gasteiger partial charge in [-0.25, -0.2) is 13.4 Å². The molecule has 0 N–H and O–H groups in total. The van der Waals surface area contributed by atoms with Crippen LogP contribution in [0.4, 0.5) is 0 Å². The first-order valence-electron chi connectivity index (χ1n) is 7.87. The molecule has 0 aliphatic carbocycles. The Balaban J connectivity index is 1.60. The van der Waals surface area contributed by atoms with Crippen molar-refractivity contribution in [1.82, 2.24) is 9.29 Å². The van der Waals surface area contributed by atoms with E-state index in [9.17, 15) is 8.42 Å². The predicted octanol–water partition coefficient (Wildman–Crippen LogP) is 2.53. The van der Waals surface area contributed by atoms with Gasteiger partial charge < -0.3 is 4.74 Å². The SMILES string of the molecule is O=S(=O)(c1ccc(SC[C@@H]2CCCCO2)nc1)N1CCCC1. The molecular formula is C15H22N2O3S2. The lowest BCUT2D eigenvalue weighted by Crippen LogP contribution is -2.27. The molecule has 2 fully saturated rings. The van der Waals surface area contributed by atoms with Crippen LogP contribution >= 0.6 is 11.8 Å². The number of hydrogen-bond donors (Lipinski definition) is 0. The Labute approximate surface area is 136 Å². The van der Waals surface area contributed by atoms with Crippen molar-refractivity contribution >= 4 is 21.8 Å². The van der Waals surface area contributed by atoms with Gasteiger partial charge in [-0.05, 0) is 44.2 Å². The van der Waals surface area contributed by atoms with Crippen molar-refractivity contribution in [3.05, 3.63) is 18.3 Å². The quantitative estimate of drug-likeness (QED) is 0.770. The Morgan fingerprint density at radius 2 is 2.05 bits per heavy atom. The molecule has 0 unspecified atom stereocenters. The second-order valence-electron chi connectivity index (χ2n) is 5.74. The molecule has 0 saturated carbocycles. The molecule has 122 valence electrons. The minimum absolute atomic E-state index is 0.299. The third kappa shape index (κ3) is 3.82. The summed E-state index contributed by atoms with van der Waals surface area (Å²) in [5.41, 5.74) is 0.